The minimum Gasteiger partial charge on any atom is -0.419 e. The molecule has 5 rings (SSSR count). The molecule has 3 aromatic carbocycles. The maximum atomic E-state index is 13.6. The van der Waals surface area contributed by atoms with Gasteiger partial charge >= 0.3 is 0 Å². The lowest BCUT2D eigenvalue weighted by Gasteiger charge is -2.35. The van der Waals surface area contributed by atoms with Crippen LogP contribution in [0, 0.1) is 5.82 Å². The second kappa shape index (κ2) is 11.2. The van der Waals surface area contributed by atoms with Crippen LogP contribution in [0.4, 0.5) is 4.39 Å². The van der Waals surface area contributed by atoms with Gasteiger partial charge in [0, 0.05) is 24.7 Å². The number of carbonyl (C=O) groups excluding carboxylic acids is 2. The third-order valence-electron chi connectivity index (χ3n) is 7.21. The number of nitrogens with zero attached hydrogens (tertiary/aromatic N) is 2. The molecule has 9 heteroatoms. The Morgan fingerprint density at radius 2 is 1.49 bits per heavy atom. The van der Waals surface area contributed by atoms with Crippen LogP contribution in [0.5, 0.6) is 0 Å². The van der Waals surface area contributed by atoms with Crippen molar-refractivity contribution in [2.45, 2.75) is 50.7 Å². The van der Waals surface area contributed by atoms with Crippen LogP contribution in [-0.2, 0) is 40.9 Å². The van der Waals surface area contributed by atoms with Crippen molar-refractivity contribution in [3.8, 4) is 11.5 Å². The molecule has 4 aromatic rings. The number of hydrogen-bond acceptors (Lipinski definition) is 6. The Hall–Kier alpha value is -4.37. The Morgan fingerprint density at radius 1 is 0.923 bits per heavy atom. The number of aromatic nitrogens is 2. The Labute approximate surface area is 225 Å². The van der Waals surface area contributed by atoms with Gasteiger partial charge in [-0.1, -0.05) is 36.4 Å². The molecule has 1 heterocycles. The maximum absolute atomic E-state index is 13.6. The molecule has 1 atom stereocenters. The molecule has 1 aliphatic rings. The first kappa shape index (κ1) is 26.2. The van der Waals surface area contributed by atoms with E-state index in [-0.39, 0.29) is 11.9 Å². The summed E-state index contributed by atoms with van der Waals surface area (Å²) in [5, 5.41) is 14.4. The van der Waals surface area contributed by atoms with Gasteiger partial charge in [0.25, 0.3) is 0 Å². The maximum Gasteiger partial charge on any atom is 0.247 e. The van der Waals surface area contributed by atoms with Crippen LogP contribution in [0.2, 0.25) is 0 Å². The first-order valence-corrected chi connectivity index (χ1v) is 12.9. The molecule has 1 aromatic heterocycles. The molecule has 0 aliphatic heterocycles. The Morgan fingerprint density at radius 3 is 2.00 bits per heavy atom. The summed E-state index contributed by atoms with van der Waals surface area (Å²) in [7, 11) is 0. The molecule has 1 aliphatic carbocycles. The van der Waals surface area contributed by atoms with Crippen molar-refractivity contribution in [2.75, 3.05) is 0 Å². The highest BCUT2D eigenvalue weighted by atomic mass is 19.1. The number of carbonyl (C=O) groups is 2. The van der Waals surface area contributed by atoms with Gasteiger partial charge in [-0.05, 0) is 83.8 Å². The lowest BCUT2D eigenvalue weighted by molar-refractivity contribution is -0.110. The van der Waals surface area contributed by atoms with Crippen molar-refractivity contribution in [1.82, 2.24) is 20.8 Å². The van der Waals surface area contributed by atoms with E-state index >= 15 is 0 Å². The zero-order chi connectivity index (χ0) is 27.4. The SMILES string of the molecule is C[C@@H](N)CC1(c2nnc(-c3ccc(F)cc3)o2)c2ccc(CNC=O)cc2CCc2cc(CNC=O)ccc21. The Balaban J connectivity index is 1.73. The van der Waals surface area contributed by atoms with E-state index in [4.69, 9.17) is 10.2 Å². The summed E-state index contributed by atoms with van der Waals surface area (Å²) in [6.45, 7) is 2.79. The van der Waals surface area contributed by atoms with E-state index in [0.29, 0.717) is 49.7 Å². The van der Waals surface area contributed by atoms with Crippen molar-refractivity contribution >= 4 is 12.8 Å². The molecule has 8 nitrogen and oxygen atoms in total. The van der Waals surface area contributed by atoms with Crippen molar-refractivity contribution in [3.05, 3.63) is 106 Å². The summed E-state index contributed by atoms with van der Waals surface area (Å²) in [5.41, 5.74) is 12.5. The second-order valence-electron chi connectivity index (χ2n) is 9.99. The van der Waals surface area contributed by atoms with Crippen molar-refractivity contribution in [1.29, 1.82) is 0 Å². The van der Waals surface area contributed by atoms with Crippen LogP contribution in [0.3, 0.4) is 0 Å². The highest BCUT2D eigenvalue weighted by Gasteiger charge is 2.46. The van der Waals surface area contributed by atoms with Crippen LogP contribution >= 0.6 is 0 Å². The van der Waals surface area contributed by atoms with Gasteiger partial charge in [-0.3, -0.25) is 9.59 Å². The molecular weight excluding hydrogens is 497 g/mol. The quantitative estimate of drug-likeness (QED) is 0.271. The van der Waals surface area contributed by atoms with Crippen LogP contribution in [0.15, 0.2) is 65.1 Å². The lowest BCUT2D eigenvalue weighted by Crippen LogP contribution is -2.37. The third kappa shape index (κ3) is 5.18. The van der Waals surface area contributed by atoms with Gasteiger partial charge in [-0.15, -0.1) is 10.2 Å². The van der Waals surface area contributed by atoms with Gasteiger partial charge < -0.3 is 20.8 Å². The molecule has 39 heavy (non-hydrogen) atoms. The third-order valence-corrected chi connectivity index (χ3v) is 7.21. The Kier molecular flexibility index (Phi) is 7.51. The number of aryl methyl sites for hydroxylation is 2. The number of fused-ring (bicyclic) bond motifs is 2. The zero-order valence-corrected chi connectivity index (χ0v) is 21.6. The normalized spacial score (nSPS) is 14.4. The molecule has 0 saturated carbocycles. The van der Waals surface area contributed by atoms with E-state index < -0.39 is 5.41 Å². The summed E-state index contributed by atoms with van der Waals surface area (Å²) in [5.74, 6) is 0.347. The topological polar surface area (TPSA) is 123 Å². The predicted molar refractivity (Wildman–Crippen MR) is 144 cm³/mol. The van der Waals surface area contributed by atoms with Crippen LogP contribution in [-0.4, -0.2) is 29.1 Å². The van der Waals surface area contributed by atoms with E-state index in [9.17, 15) is 14.0 Å². The first-order valence-electron chi connectivity index (χ1n) is 12.9. The average molecular weight is 528 g/mol. The van der Waals surface area contributed by atoms with Gasteiger partial charge in [-0.25, -0.2) is 4.39 Å². The largest absolute Gasteiger partial charge is 0.419 e. The number of rotatable bonds is 10. The monoisotopic (exact) mass is 527 g/mol. The molecular formula is C30H30FN5O3. The molecule has 4 N–H and O–H groups in total. The molecule has 0 bridgehead atoms. The molecule has 0 fully saturated rings. The van der Waals surface area contributed by atoms with Gasteiger partial charge in [0.15, 0.2) is 0 Å². The minimum absolute atomic E-state index is 0.224. The average Bonchev–Trinajstić information content (AvgIpc) is 3.39. The molecule has 0 spiro atoms. The summed E-state index contributed by atoms with van der Waals surface area (Å²) in [6, 6.07) is 18.1. The van der Waals surface area contributed by atoms with E-state index in [1.807, 2.05) is 19.1 Å². The molecule has 0 unspecified atom stereocenters. The van der Waals surface area contributed by atoms with Crippen LogP contribution in [0.1, 0.15) is 52.6 Å². The Bertz CT molecular complexity index is 1420. The summed E-state index contributed by atoms with van der Waals surface area (Å²) in [4.78, 5) is 21.8. The standard InChI is InChI=1S/C30H30FN5O3/c1-19(32)14-30(29-36-35-28(39-29)22-6-8-25(31)9-7-22)26-10-2-20(15-33-17-37)12-23(26)4-5-24-13-21(16-34-18-38)3-11-27(24)30/h2-3,6-13,17-19H,4-5,14-16,32H2,1H3,(H,33,37)(H,34,38)/t19-/m1/s1. The van der Waals surface area contributed by atoms with Gasteiger partial charge in [0.05, 0.1) is 0 Å². The lowest BCUT2D eigenvalue weighted by atomic mass is 9.68. The molecule has 0 saturated heterocycles. The minimum atomic E-state index is -0.853. The van der Waals surface area contributed by atoms with Gasteiger partial charge in [0.1, 0.15) is 11.2 Å². The van der Waals surface area contributed by atoms with Crippen molar-refractivity contribution in [3.63, 3.8) is 0 Å². The van der Waals surface area contributed by atoms with Gasteiger partial charge in [-0.2, -0.15) is 0 Å². The number of hydrogen-bond donors (Lipinski definition) is 3. The van der Waals surface area contributed by atoms with Crippen LogP contribution in [0.25, 0.3) is 11.5 Å². The summed E-state index contributed by atoms with van der Waals surface area (Å²) >= 11 is 0. The van der Waals surface area contributed by atoms with E-state index in [2.05, 4.69) is 45.1 Å². The smallest absolute Gasteiger partial charge is 0.247 e. The summed E-state index contributed by atoms with van der Waals surface area (Å²) < 4.78 is 20.0. The number of benzene rings is 3. The highest BCUT2D eigenvalue weighted by Crippen LogP contribution is 2.48. The van der Waals surface area contributed by atoms with Crippen LogP contribution < -0.4 is 16.4 Å². The fourth-order valence-electron chi connectivity index (χ4n) is 5.62. The number of halogens is 1. The van der Waals surface area contributed by atoms with E-state index in [0.717, 1.165) is 46.2 Å². The fourth-order valence-corrected chi connectivity index (χ4v) is 5.62. The highest BCUT2D eigenvalue weighted by molar-refractivity contribution is 5.58. The van der Waals surface area contributed by atoms with Crippen molar-refractivity contribution in [2.24, 2.45) is 5.73 Å². The van der Waals surface area contributed by atoms with E-state index in [1.54, 1.807) is 12.1 Å². The summed E-state index contributed by atoms with van der Waals surface area (Å²) in [6.07, 6.45) is 3.37. The fraction of sp³-hybridized carbons (Fsp3) is 0.267. The molecule has 200 valence electrons. The number of amides is 2. The van der Waals surface area contributed by atoms with Gasteiger partial charge in [0.2, 0.25) is 24.6 Å². The second-order valence-corrected chi connectivity index (χ2v) is 9.99. The first-order chi connectivity index (χ1) is 18.9. The zero-order valence-electron chi connectivity index (χ0n) is 21.6. The van der Waals surface area contributed by atoms with Crippen molar-refractivity contribution < 1.29 is 18.4 Å². The number of nitrogens with one attached hydrogen (secondary N) is 2. The number of nitrogens with two attached hydrogens (primary N) is 1. The van der Waals surface area contributed by atoms with E-state index in [1.165, 1.54) is 12.1 Å². The molecule has 0 radical (unpaired) electrons. The predicted octanol–water partition coefficient (Wildman–Crippen LogP) is 3.54. The molecule has 2 amide bonds.